The summed E-state index contributed by atoms with van der Waals surface area (Å²) in [6, 6.07) is 2.16. The van der Waals surface area contributed by atoms with Crippen molar-refractivity contribution in [2.45, 2.75) is 84.3 Å². The quantitative estimate of drug-likeness (QED) is 0.746. The minimum atomic E-state index is 0.613. The van der Waals surface area contributed by atoms with Crippen molar-refractivity contribution in [3.8, 4) is 0 Å². The second-order valence-electron chi connectivity index (χ2n) is 6.49. The first-order valence-electron chi connectivity index (χ1n) is 7.99. The van der Waals surface area contributed by atoms with E-state index in [2.05, 4.69) is 45.0 Å². The van der Waals surface area contributed by atoms with Crippen molar-refractivity contribution in [3.63, 3.8) is 0 Å². The summed E-state index contributed by atoms with van der Waals surface area (Å²) in [6.45, 7) is 10.3. The van der Waals surface area contributed by atoms with E-state index in [1.807, 2.05) is 0 Å². The first-order chi connectivity index (χ1) is 8.54. The lowest BCUT2D eigenvalue weighted by Gasteiger charge is -2.38. The topological polar surface area (TPSA) is 15.3 Å². The Bertz CT molecular complexity index is 207. The Balaban J connectivity index is 2.24. The van der Waals surface area contributed by atoms with Gasteiger partial charge >= 0.3 is 0 Å². The lowest BCUT2D eigenvalue weighted by Crippen LogP contribution is -2.42. The lowest BCUT2D eigenvalue weighted by molar-refractivity contribution is 0.121. The molecule has 1 aliphatic rings. The number of nitrogens with one attached hydrogen (secondary N) is 1. The molecule has 0 aliphatic heterocycles. The SMILES string of the molecule is CCC1CCC(N(C)C(C)CCNC(C)C)CC1. The Morgan fingerprint density at radius 3 is 2.22 bits per heavy atom. The molecule has 1 unspecified atom stereocenters. The van der Waals surface area contributed by atoms with Gasteiger partial charge in [-0.25, -0.2) is 0 Å². The molecule has 0 aromatic heterocycles. The van der Waals surface area contributed by atoms with Crippen molar-refractivity contribution < 1.29 is 0 Å². The molecule has 18 heavy (non-hydrogen) atoms. The Morgan fingerprint density at radius 1 is 1.11 bits per heavy atom. The van der Waals surface area contributed by atoms with Gasteiger partial charge in [-0.1, -0.05) is 27.2 Å². The summed E-state index contributed by atoms with van der Waals surface area (Å²) < 4.78 is 0. The zero-order valence-corrected chi connectivity index (χ0v) is 13.2. The van der Waals surface area contributed by atoms with E-state index in [-0.39, 0.29) is 0 Å². The third-order valence-corrected chi connectivity index (χ3v) is 4.78. The van der Waals surface area contributed by atoms with E-state index in [0.717, 1.165) is 18.5 Å². The molecule has 0 heterocycles. The molecule has 1 N–H and O–H groups in total. The maximum absolute atomic E-state index is 3.52. The van der Waals surface area contributed by atoms with Crippen LogP contribution in [0.4, 0.5) is 0 Å². The molecule has 2 nitrogen and oxygen atoms in total. The average Bonchev–Trinajstić information content (AvgIpc) is 2.37. The van der Waals surface area contributed by atoms with E-state index >= 15 is 0 Å². The van der Waals surface area contributed by atoms with Crippen LogP contribution >= 0.6 is 0 Å². The fourth-order valence-corrected chi connectivity index (χ4v) is 3.10. The standard InChI is InChI=1S/C16H34N2/c1-6-15-7-9-16(10-8-15)18(5)14(4)11-12-17-13(2)3/h13-17H,6-12H2,1-5H3. The number of rotatable bonds is 7. The number of hydrogen-bond acceptors (Lipinski definition) is 2. The van der Waals surface area contributed by atoms with Gasteiger partial charge in [0.1, 0.15) is 0 Å². The van der Waals surface area contributed by atoms with Crippen LogP contribution in [0.1, 0.15) is 66.2 Å². The number of nitrogens with zero attached hydrogens (tertiary/aromatic N) is 1. The molecule has 0 saturated heterocycles. The van der Waals surface area contributed by atoms with Gasteiger partial charge in [0, 0.05) is 18.1 Å². The second kappa shape index (κ2) is 8.16. The molecule has 0 bridgehead atoms. The predicted molar refractivity (Wildman–Crippen MR) is 81.0 cm³/mol. The van der Waals surface area contributed by atoms with Gasteiger partial charge in [0.25, 0.3) is 0 Å². The summed E-state index contributed by atoms with van der Waals surface area (Å²) in [5.74, 6) is 1.01. The van der Waals surface area contributed by atoms with Gasteiger partial charge < -0.3 is 10.2 Å². The molecular formula is C16H34N2. The molecule has 2 heteroatoms. The highest BCUT2D eigenvalue weighted by Gasteiger charge is 2.25. The Kier molecular flexibility index (Phi) is 7.25. The van der Waals surface area contributed by atoms with Crippen LogP contribution in [0.3, 0.4) is 0 Å². The fraction of sp³-hybridized carbons (Fsp3) is 1.00. The third-order valence-electron chi connectivity index (χ3n) is 4.78. The van der Waals surface area contributed by atoms with Crippen LogP contribution in [-0.2, 0) is 0 Å². The van der Waals surface area contributed by atoms with Crippen LogP contribution in [0.25, 0.3) is 0 Å². The minimum Gasteiger partial charge on any atom is -0.314 e. The minimum absolute atomic E-state index is 0.613. The largest absolute Gasteiger partial charge is 0.314 e. The zero-order valence-electron chi connectivity index (χ0n) is 13.2. The summed E-state index contributed by atoms with van der Waals surface area (Å²) in [5.41, 5.74) is 0. The van der Waals surface area contributed by atoms with Gasteiger partial charge in [0.05, 0.1) is 0 Å². The zero-order chi connectivity index (χ0) is 13.5. The Morgan fingerprint density at radius 2 is 1.72 bits per heavy atom. The lowest BCUT2D eigenvalue weighted by atomic mass is 9.83. The summed E-state index contributed by atoms with van der Waals surface area (Å²) >= 11 is 0. The van der Waals surface area contributed by atoms with Gasteiger partial charge in [0.2, 0.25) is 0 Å². The van der Waals surface area contributed by atoms with Crippen LogP contribution in [-0.4, -0.2) is 36.6 Å². The van der Waals surface area contributed by atoms with Crippen LogP contribution < -0.4 is 5.32 Å². The highest BCUT2D eigenvalue weighted by molar-refractivity contribution is 4.80. The third kappa shape index (κ3) is 5.27. The van der Waals surface area contributed by atoms with Gasteiger partial charge in [-0.2, -0.15) is 0 Å². The fourth-order valence-electron chi connectivity index (χ4n) is 3.10. The summed E-state index contributed by atoms with van der Waals surface area (Å²) in [6.07, 6.45) is 8.37. The van der Waals surface area contributed by atoms with Crippen molar-refractivity contribution in [1.82, 2.24) is 10.2 Å². The molecule has 108 valence electrons. The molecule has 0 radical (unpaired) electrons. The highest BCUT2D eigenvalue weighted by atomic mass is 15.2. The normalized spacial score (nSPS) is 26.8. The molecule has 1 rings (SSSR count). The smallest absolute Gasteiger partial charge is 0.00952 e. The van der Waals surface area contributed by atoms with E-state index in [1.54, 1.807) is 0 Å². The molecule has 0 spiro atoms. The number of hydrogen-bond donors (Lipinski definition) is 1. The predicted octanol–water partition coefficient (Wildman–Crippen LogP) is 3.66. The van der Waals surface area contributed by atoms with E-state index < -0.39 is 0 Å². The molecule has 1 saturated carbocycles. The van der Waals surface area contributed by atoms with E-state index in [4.69, 9.17) is 0 Å². The van der Waals surface area contributed by atoms with Crippen molar-refractivity contribution in [2.75, 3.05) is 13.6 Å². The van der Waals surface area contributed by atoms with Crippen molar-refractivity contribution in [2.24, 2.45) is 5.92 Å². The van der Waals surface area contributed by atoms with Crippen molar-refractivity contribution in [3.05, 3.63) is 0 Å². The van der Waals surface area contributed by atoms with Crippen molar-refractivity contribution >= 4 is 0 Å². The highest BCUT2D eigenvalue weighted by Crippen LogP contribution is 2.29. The van der Waals surface area contributed by atoms with Gasteiger partial charge in [0.15, 0.2) is 0 Å². The second-order valence-corrected chi connectivity index (χ2v) is 6.49. The Hall–Kier alpha value is -0.0800. The summed E-state index contributed by atoms with van der Waals surface area (Å²) in [4.78, 5) is 2.63. The first-order valence-corrected chi connectivity index (χ1v) is 7.99. The van der Waals surface area contributed by atoms with Gasteiger partial charge in [-0.05, 0) is 58.5 Å². The van der Waals surface area contributed by atoms with E-state index in [9.17, 15) is 0 Å². The van der Waals surface area contributed by atoms with Gasteiger partial charge in [-0.15, -0.1) is 0 Å². The molecule has 0 aromatic rings. The van der Waals surface area contributed by atoms with Crippen LogP contribution in [0.2, 0.25) is 0 Å². The molecule has 1 aliphatic carbocycles. The molecule has 0 amide bonds. The average molecular weight is 254 g/mol. The van der Waals surface area contributed by atoms with E-state index in [0.29, 0.717) is 12.1 Å². The molecule has 1 atom stereocenters. The first kappa shape index (κ1) is 16.0. The monoisotopic (exact) mass is 254 g/mol. The maximum Gasteiger partial charge on any atom is 0.00952 e. The van der Waals surface area contributed by atoms with Gasteiger partial charge in [-0.3, -0.25) is 0 Å². The van der Waals surface area contributed by atoms with Crippen LogP contribution in [0.5, 0.6) is 0 Å². The maximum atomic E-state index is 3.52. The Labute approximate surface area is 115 Å². The van der Waals surface area contributed by atoms with Crippen LogP contribution in [0.15, 0.2) is 0 Å². The molecule has 0 aromatic carbocycles. The molecular weight excluding hydrogens is 220 g/mol. The summed E-state index contributed by atoms with van der Waals surface area (Å²) in [7, 11) is 2.33. The summed E-state index contributed by atoms with van der Waals surface area (Å²) in [5, 5.41) is 3.52. The molecule has 1 fully saturated rings. The van der Waals surface area contributed by atoms with Crippen molar-refractivity contribution in [1.29, 1.82) is 0 Å². The van der Waals surface area contributed by atoms with Crippen LogP contribution in [0, 0.1) is 5.92 Å². The van der Waals surface area contributed by atoms with E-state index in [1.165, 1.54) is 38.5 Å².